The van der Waals surface area contributed by atoms with E-state index in [0.29, 0.717) is 0 Å². The largest absolute Gasteiger partial charge is 0.316 e. The van der Waals surface area contributed by atoms with Crippen LogP contribution in [0, 0.1) is 6.92 Å². The summed E-state index contributed by atoms with van der Waals surface area (Å²) in [5, 5.41) is 10.7. The Morgan fingerprint density at radius 2 is 2.38 bits per heavy atom. The van der Waals surface area contributed by atoms with Gasteiger partial charge in [0.15, 0.2) is 0 Å². The van der Waals surface area contributed by atoms with Crippen LogP contribution in [0.1, 0.15) is 31.0 Å². The summed E-state index contributed by atoms with van der Waals surface area (Å²) in [6.07, 6.45) is 4.42. The van der Waals surface area contributed by atoms with Gasteiger partial charge in [0.05, 0.1) is 6.20 Å². The van der Waals surface area contributed by atoms with Gasteiger partial charge >= 0.3 is 0 Å². The highest BCUT2D eigenvalue weighted by Crippen LogP contribution is 2.30. The summed E-state index contributed by atoms with van der Waals surface area (Å²) in [4.78, 5) is 0. The fourth-order valence-corrected chi connectivity index (χ4v) is 2.23. The second-order valence-electron chi connectivity index (χ2n) is 4.27. The Labute approximate surface area is 78.9 Å². The molecule has 1 saturated heterocycles. The molecule has 1 aromatic rings. The second-order valence-corrected chi connectivity index (χ2v) is 4.27. The number of nitrogens with one attached hydrogen (secondary N) is 2. The van der Waals surface area contributed by atoms with E-state index in [-0.39, 0.29) is 5.41 Å². The van der Waals surface area contributed by atoms with Crippen LogP contribution in [0.2, 0.25) is 0 Å². The zero-order valence-corrected chi connectivity index (χ0v) is 8.35. The van der Waals surface area contributed by atoms with Gasteiger partial charge in [0.2, 0.25) is 0 Å². The number of hydrogen-bond acceptors (Lipinski definition) is 2. The average Bonchev–Trinajstić information content (AvgIpc) is 2.53. The van der Waals surface area contributed by atoms with Crippen molar-refractivity contribution in [3.8, 4) is 0 Å². The standard InChI is InChI=1S/C10H17N3/c1-8-6-12-13-9(8)10(2)4-3-5-11-7-10/h6,11H,3-5,7H2,1-2H3,(H,12,13). The third-order valence-corrected chi connectivity index (χ3v) is 3.03. The van der Waals surface area contributed by atoms with E-state index in [4.69, 9.17) is 0 Å². The second kappa shape index (κ2) is 3.14. The molecule has 1 aliphatic heterocycles. The number of rotatable bonds is 1. The molecule has 72 valence electrons. The quantitative estimate of drug-likeness (QED) is 0.683. The number of aromatic amines is 1. The van der Waals surface area contributed by atoms with Crippen LogP contribution >= 0.6 is 0 Å². The van der Waals surface area contributed by atoms with Crippen molar-refractivity contribution in [3.63, 3.8) is 0 Å². The van der Waals surface area contributed by atoms with Gasteiger partial charge in [0.25, 0.3) is 0 Å². The van der Waals surface area contributed by atoms with E-state index in [1.54, 1.807) is 0 Å². The molecule has 3 nitrogen and oxygen atoms in total. The zero-order chi connectivity index (χ0) is 9.31. The molecule has 0 aliphatic carbocycles. The predicted octanol–water partition coefficient (Wildman–Crippen LogP) is 1.36. The lowest BCUT2D eigenvalue weighted by atomic mass is 9.78. The Balaban J connectivity index is 2.27. The van der Waals surface area contributed by atoms with E-state index in [1.165, 1.54) is 24.1 Å². The molecule has 13 heavy (non-hydrogen) atoms. The zero-order valence-electron chi connectivity index (χ0n) is 8.35. The summed E-state index contributed by atoms with van der Waals surface area (Å²) in [5.74, 6) is 0. The smallest absolute Gasteiger partial charge is 0.0519 e. The number of H-pyrrole nitrogens is 1. The first-order chi connectivity index (χ1) is 6.22. The lowest BCUT2D eigenvalue weighted by Gasteiger charge is -2.33. The van der Waals surface area contributed by atoms with Gasteiger partial charge < -0.3 is 5.32 Å². The molecule has 2 heterocycles. The van der Waals surface area contributed by atoms with Gasteiger partial charge in [-0.15, -0.1) is 0 Å². The van der Waals surface area contributed by atoms with Crippen LogP contribution in [0.3, 0.4) is 0 Å². The van der Waals surface area contributed by atoms with Crippen LogP contribution in [0.4, 0.5) is 0 Å². The summed E-state index contributed by atoms with van der Waals surface area (Å²) in [6.45, 7) is 6.65. The predicted molar refractivity (Wildman–Crippen MR) is 52.8 cm³/mol. The molecule has 0 amide bonds. The summed E-state index contributed by atoms with van der Waals surface area (Å²) < 4.78 is 0. The topological polar surface area (TPSA) is 40.7 Å². The van der Waals surface area contributed by atoms with Gasteiger partial charge in [0.1, 0.15) is 0 Å². The summed E-state index contributed by atoms with van der Waals surface area (Å²) in [7, 11) is 0. The summed E-state index contributed by atoms with van der Waals surface area (Å²) >= 11 is 0. The normalized spacial score (nSPS) is 29.1. The molecule has 1 fully saturated rings. The molecule has 1 aliphatic rings. The Morgan fingerprint density at radius 3 is 2.92 bits per heavy atom. The van der Waals surface area contributed by atoms with Crippen molar-refractivity contribution in [3.05, 3.63) is 17.5 Å². The number of aromatic nitrogens is 2. The minimum atomic E-state index is 0.263. The van der Waals surface area contributed by atoms with Crippen molar-refractivity contribution >= 4 is 0 Å². The van der Waals surface area contributed by atoms with Crippen LogP contribution in [-0.2, 0) is 5.41 Å². The van der Waals surface area contributed by atoms with E-state index in [2.05, 4.69) is 29.4 Å². The van der Waals surface area contributed by atoms with E-state index in [9.17, 15) is 0 Å². The fourth-order valence-electron chi connectivity index (χ4n) is 2.23. The average molecular weight is 179 g/mol. The first-order valence-corrected chi connectivity index (χ1v) is 4.93. The molecule has 1 aromatic heterocycles. The van der Waals surface area contributed by atoms with Crippen molar-refractivity contribution in [1.29, 1.82) is 0 Å². The van der Waals surface area contributed by atoms with Crippen LogP contribution in [0.5, 0.6) is 0 Å². The van der Waals surface area contributed by atoms with Gasteiger partial charge in [-0.2, -0.15) is 5.10 Å². The molecule has 0 spiro atoms. The molecule has 0 aromatic carbocycles. The Morgan fingerprint density at radius 1 is 1.54 bits per heavy atom. The molecule has 2 rings (SSSR count). The first-order valence-electron chi connectivity index (χ1n) is 4.93. The summed E-state index contributed by atoms with van der Waals surface area (Å²) in [6, 6.07) is 0. The monoisotopic (exact) mass is 179 g/mol. The SMILES string of the molecule is Cc1cn[nH]c1C1(C)CCCNC1. The molecule has 2 N–H and O–H groups in total. The van der Waals surface area contributed by atoms with E-state index in [0.717, 1.165) is 13.1 Å². The van der Waals surface area contributed by atoms with Crippen molar-refractivity contribution in [2.75, 3.05) is 13.1 Å². The Hall–Kier alpha value is -0.830. The van der Waals surface area contributed by atoms with Crippen molar-refractivity contribution in [1.82, 2.24) is 15.5 Å². The number of aryl methyl sites for hydroxylation is 1. The fraction of sp³-hybridized carbons (Fsp3) is 0.700. The van der Waals surface area contributed by atoms with Gasteiger partial charge in [-0.3, -0.25) is 5.10 Å². The highest BCUT2D eigenvalue weighted by molar-refractivity contribution is 5.24. The maximum Gasteiger partial charge on any atom is 0.0519 e. The highest BCUT2D eigenvalue weighted by Gasteiger charge is 2.31. The van der Waals surface area contributed by atoms with Gasteiger partial charge in [0, 0.05) is 17.7 Å². The molecule has 1 unspecified atom stereocenters. The molecule has 0 radical (unpaired) electrons. The summed E-state index contributed by atoms with van der Waals surface area (Å²) in [5.41, 5.74) is 2.85. The minimum absolute atomic E-state index is 0.263. The molecular weight excluding hydrogens is 162 g/mol. The minimum Gasteiger partial charge on any atom is -0.316 e. The number of nitrogens with zero attached hydrogens (tertiary/aromatic N) is 1. The third kappa shape index (κ3) is 1.48. The molecular formula is C10H17N3. The molecule has 3 heteroatoms. The van der Waals surface area contributed by atoms with Gasteiger partial charge in [-0.25, -0.2) is 0 Å². The van der Waals surface area contributed by atoms with Crippen molar-refractivity contribution < 1.29 is 0 Å². The maximum absolute atomic E-state index is 4.09. The van der Waals surface area contributed by atoms with Crippen molar-refractivity contribution in [2.24, 2.45) is 0 Å². The molecule has 0 bridgehead atoms. The van der Waals surface area contributed by atoms with Crippen LogP contribution in [0.25, 0.3) is 0 Å². The first kappa shape index (κ1) is 8.75. The van der Waals surface area contributed by atoms with E-state index >= 15 is 0 Å². The Bertz CT molecular complexity index is 284. The van der Waals surface area contributed by atoms with Crippen LogP contribution < -0.4 is 5.32 Å². The van der Waals surface area contributed by atoms with Crippen molar-refractivity contribution in [2.45, 2.75) is 32.1 Å². The number of piperidine rings is 1. The third-order valence-electron chi connectivity index (χ3n) is 3.03. The molecule has 1 atom stereocenters. The lowest BCUT2D eigenvalue weighted by molar-refractivity contribution is 0.330. The van der Waals surface area contributed by atoms with Crippen LogP contribution in [0.15, 0.2) is 6.20 Å². The lowest BCUT2D eigenvalue weighted by Crippen LogP contribution is -2.41. The Kier molecular flexibility index (Phi) is 2.12. The van der Waals surface area contributed by atoms with E-state index in [1.807, 2.05) is 6.20 Å². The van der Waals surface area contributed by atoms with Crippen LogP contribution in [-0.4, -0.2) is 23.3 Å². The highest BCUT2D eigenvalue weighted by atomic mass is 15.1. The maximum atomic E-state index is 4.09. The van der Waals surface area contributed by atoms with E-state index < -0.39 is 0 Å². The van der Waals surface area contributed by atoms with Gasteiger partial charge in [-0.1, -0.05) is 6.92 Å². The van der Waals surface area contributed by atoms with Gasteiger partial charge in [-0.05, 0) is 31.9 Å². The number of hydrogen-bond donors (Lipinski definition) is 2. The molecule has 0 saturated carbocycles.